The Kier molecular flexibility index (Phi) is 5.65. The fraction of sp³-hybridized carbons (Fsp3) is 0.333. The number of thioether (sulfide) groups is 1. The van der Waals surface area contributed by atoms with Crippen LogP contribution in [0.15, 0.2) is 29.2 Å². The standard InChI is InChI=1S/C15H18IN3S/c1-4-12-14(16)15(17-3)19-13(18-12)9-20-11-7-5-6-10(2)8-11/h5-8H,4,9H2,1-3H3,(H,17,18,19). The van der Waals surface area contributed by atoms with Gasteiger partial charge in [0, 0.05) is 11.9 Å². The van der Waals surface area contributed by atoms with Crippen molar-refractivity contribution in [3.8, 4) is 0 Å². The highest BCUT2D eigenvalue weighted by molar-refractivity contribution is 14.1. The zero-order valence-electron chi connectivity index (χ0n) is 11.9. The van der Waals surface area contributed by atoms with Gasteiger partial charge in [-0.2, -0.15) is 0 Å². The molecule has 106 valence electrons. The van der Waals surface area contributed by atoms with E-state index in [9.17, 15) is 0 Å². The van der Waals surface area contributed by atoms with E-state index in [-0.39, 0.29) is 0 Å². The van der Waals surface area contributed by atoms with Gasteiger partial charge in [0.05, 0.1) is 15.0 Å². The normalized spacial score (nSPS) is 10.6. The molecule has 0 saturated carbocycles. The smallest absolute Gasteiger partial charge is 0.143 e. The van der Waals surface area contributed by atoms with Crippen LogP contribution in [0.1, 0.15) is 24.0 Å². The molecule has 2 rings (SSSR count). The van der Waals surface area contributed by atoms with Crippen molar-refractivity contribution in [3.63, 3.8) is 0 Å². The van der Waals surface area contributed by atoms with Gasteiger partial charge in [0.1, 0.15) is 11.6 Å². The fourth-order valence-electron chi connectivity index (χ4n) is 1.86. The number of nitrogens with one attached hydrogen (secondary N) is 1. The second kappa shape index (κ2) is 7.26. The molecular weight excluding hydrogens is 381 g/mol. The predicted octanol–water partition coefficient (Wildman–Crippen LogP) is 4.29. The van der Waals surface area contributed by atoms with E-state index >= 15 is 0 Å². The molecule has 0 fully saturated rings. The minimum absolute atomic E-state index is 0.794. The van der Waals surface area contributed by atoms with Crippen molar-refractivity contribution >= 4 is 40.2 Å². The number of hydrogen-bond donors (Lipinski definition) is 1. The molecule has 1 N–H and O–H groups in total. The van der Waals surface area contributed by atoms with Crippen molar-refractivity contribution in [3.05, 3.63) is 44.9 Å². The SMILES string of the molecule is CCc1nc(CSc2cccc(C)c2)nc(NC)c1I. The van der Waals surface area contributed by atoms with E-state index in [4.69, 9.17) is 0 Å². The largest absolute Gasteiger partial charge is 0.372 e. The van der Waals surface area contributed by atoms with Crippen LogP contribution in [0, 0.1) is 10.5 Å². The molecule has 1 aromatic carbocycles. The average molecular weight is 399 g/mol. The first-order chi connectivity index (χ1) is 9.63. The molecular formula is C15H18IN3S. The average Bonchev–Trinajstić information content (AvgIpc) is 2.46. The summed E-state index contributed by atoms with van der Waals surface area (Å²) in [6.07, 6.45) is 0.928. The molecule has 0 bridgehead atoms. The van der Waals surface area contributed by atoms with Gasteiger partial charge in [0.15, 0.2) is 0 Å². The van der Waals surface area contributed by atoms with Crippen LogP contribution < -0.4 is 5.32 Å². The summed E-state index contributed by atoms with van der Waals surface area (Å²) in [6, 6.07) is 8.52. The Bertz CT molecular complexity index is 576. The van der Waals surface area contributed by atoms with Crippen LogP contribution in [0.3, 0.4) is 0 Å². The van der Waals surface area contributed by atoms with Crippen LogP contribution in [-0.2, 0) is 12.2 Å². The first-order valence-electron chi connectivity index (χ1n) is 6.56. The quantitative estimate of drug-likeness (QED) is 0.602. The minimum Gasteiger partial charge on any atom is -0.372 e. The maximum Gasteiger partial charge on any atom is 0.143 e. The maximum absolute atomic E-state index is 4.66. The number of rotatable bonds is 5. The van der Waals surface area contributed by atoms with Crippen LogP contribution in [-0.4, -0.2) is 17.0 Å². The van der Waals surface area contributed by atoms with E-state index in [1.807, 2.05) is 7.05 Å². The first kappa shape index (κ1) is 15.6. The Hall–Kier alpha value is -0.820. The summed E-state index contributed by atoms with van der Waals surface area (Å²) in [5.74, 6) is 2.61. The van der Waals surface area contributed by atoms with Crippen molar-refractivity contribution in [1.29, 1.82) is 0 Å². The summed E-state index contributed by atoms with van der Waals surface area (Å²) < 4.78 is 1.12. The van der Waals surface area contributed by atoms with Crippen molar-refractivity contribution in [2.45, 2.75) is 30.9 Å². The Morgan fingerprint density at radius 1 is 1.30 bits per heavy atom. The van der Waals surface area contributed by atoms with E-state index < -0.39 is 0 Å². The van der Waals surface area contributed by atoms with Crippen molar-refractivity contribution in [2.24, 2.45) is 0 Å². The highest BCUT2D eigenvalue weighted by atomic mass is 127. The second-order valence-corrected chi connectivity index (χ2v) is 6.59. The molecule has 0 aliphatic rings. The molecule has 0 aliphatic carbocycles. The lowest BCUT2D eigenvalue weighted by atomic mass is 10.2. The van der Waals surface area contributed by atoms with Crippen LogP contribution in [0.2, 0.25) is 0 Å². The van der Waals surface area contributed by atoms with Gasteiger partial charge in [-0.1, -0.05) is 24.6 Å². The number of anilines is 1. The van der Waals surface area contributed by atoms with Gasteiger partial charge < -0.3 is 5.32 Å². The number of aryl methyl sites for hydroxylation is 2. The number of hydrogen-bond acceptors (Lipinski definition) is 4. The topological polar surface area (TPSA) is 37.8 Å². The van der Waals surface area contributed by atoms with Gasteiger partial charge in [0.2, 0.25) is 0 Å². The summed E-state index contributed by atoms with van der Waals surface area (Å²) >= 11 is 4.08. The molecule has 5 heteroatoms. The fourth-order valence-corrected chi connectivity index (χ4v) is 3.62. The molecule has 0 radical (unpaired) electrons. The third-order valence-electron chi connectivity index (χ3n) is 2.90. The zero-order chi connectivity index (χ0) is 14.5. The lowest BCUT2D eigenvalue weighted by Gasteiger charge is -2.10. The summed E-state index contributed by atoms with van der Waals surface area (Å²) in [5, 5.41) is 3.15. The highest BCUT2D eigenvalue weighted by Crippen LogP contribution is 2.25. The third-order valence-corrected chi connectivity index (χ3v) is 5.02. The molecule has 0 saturated heterocycles. The maximum atomic E-state index is 4.66. The molecule has 1 heterocycles. The van der Waals surface area contributed by atoms with Gasteiger partial charge in [-0.25, -0.2) is 9.97 Å². The summed E-state index contributed by atoms with van der Waals surface area (Å²) in [5.41, 5.74) is 2.40. The molecule has 20 heavy (non-hydrogen) atoms. The number of aromatic nitrogens is 2. The first-order valence-corrected chi connectivity index (χ1v) is 8.63. The molecule has 3 nitrogen and oxygen atoms in total. The van der Waals surface area contributed by atoms with E-state index in [0.29, 0.717) is 0 Å². The molecule has 0 atom stereocenters. The van der Waals surface area contributed by atoms with Gasteiger partial charge in [-0.15, -0.1) is 11.8 Å². The Morgan fingerprint density at radius 2 is 2.10 bits per heavy atom. The number of nitrogens with zero attached hydrogens (tertiary/aromatic N) is 2. The second-order valence-electron chi connectivity index (χ2n) is 4.46. The summed E-state index contributed by atoms with van der Waals surface area (Å²) in [4.78, 5) is 10.5. The molecule has 0 aliphatic heterocycles. The van der Waals surface area contributed by atoms with Gasteiger partial charge in [-0.3, -0.25) is 0 Å². The van der Waals surface area contributed by atoms with E-state index in [0.717, 1.165) is 33.1 Å². The molecule has 1 aromatic heterocycles. The monoisotopic (exact) mass is 399 g/mol. The molecule has 0 amide bonds. The number of halogens is 1. The summed E-state index contributed by atoms with van der Waals surface area (Å²) in [7, 11) is 1.90. The third kappa shape index (κ3) is 3.85. The van der Waals surface area contributed by atoms with E-state index in [1.54, 1.807) is 11.8 Å². The van der Waals surface area contributed by atoms with Gasteiger partial charge in [-0.05, 0) is 48.1 Å². The lowest BCUT2D eigenvalue weighted by molar-refractivity contribution is 0.929. The van der Waals surface area contributed by atoms with Crippen LogP contribution in [0.5, 0.6) is 0 Å². The zero-order valence-corrected chi connectivity index (χ0v) is 14.9. The van der Waals surface area contributed by atoms with Crippen LogP contribution >= 0.6 is 34.4 Å². The molecule has 0 unspecified atom stereocenters. The highest BCUT2D eigenvalue weighted by Gasteiger charge is 2.10. The molecule has 0 spiro atoms. The Balaban J connectivity index is 2.17. The number of benzene rings is 1. The lowest BCUT2D eigenvalue weighted by Crippen LogP contribution is -2.06. The summed E-state index contributed by atoms with van der Waals surface area (Å²) in [6.45, 7) is 4.24. The van der Waals surface area contributed by atoms with Crippen LogP contribution in [0.25, 0.3) is 0 Å². The Morgan fingerprint density at radius 3 is 2.75 bits per heavy atom. The Labute approximate surface area is 138 Å². The van der Waals surface area contributed by atoms with Crippen molar-refractivity contribution < 1.29 is 0 Å². The minimum atomic E-state index is 0.794. The molecule has 2 aromatic rings. The van der Waals surface area contributed by atoms with Crippen LogP contribution in [0.4, 0.5) is 5.82 Å². The van der Waals surface area contributed by atoms with E-state index in [1.165, 1.54) is 10.5 Å². The van der Waals surface area contributed by atoms with Crippen molar-refractivity contribution in [2.75, 3.05) is 12.4 Å². The van der Waals surface area contributed by atoms with Crippen molar-refractivity contribution in [1.82, 2.24) is 9.97 Å². The predicted molar refractivity (Wildman–Crippen MR) is 94.4 cm³/mol. The van der Waals surface area contributed by atoms with E-state index in [2.05, 4.69) is 76.0 Å². The van der Waals surface area contributed by atoms with Gasteiger partial charge >= 0.3 is 0 Å². The van der Waals surface area contributed by atoms with Gasteiger partial charge in [0.25, 0.3) is 0 Å².